The van der Waals surface area contributed by atoms with Crippen molar-refractivity contribution >= 4 is 13.7 Å². The number of hydrogen-bond donors (Lipinski definition) is 2. The van der Waals surface area contributed by atoms with Crippen molar-refractivity contribution in [1.82, 2.24) is 5.32 Å². The molecule has 0 aliphatic carbocycles. The fraction of sp³-hybridized carbons (Fsp3) is 0.825. The first-order valence-corrected chi connectivity index (χ1v) is 21.3. The van der Waals surface area contributed by atoms with E-state index in [1.165, 1.54) is 89.9 Å². The van der Waals surface area contributed by atoms with E-state index in [2.05, 4.69) is 43.5 Å². The van der Waals surface area contributed by atoms with Gasteiger partial charge in [0.2, 0.25) is 5.91 Å². The number of hydrogen-bond acceptors (Lipinski definition) is 6. The summed E-state index contributed by atoms with van der Waals surface area (Å²) in [7, 11) is 1.23. The van der Waals surface area contributed by atoms with Crippen molar-refractivity contribution in [3.8, 4) is 0 Å². The molecule has 49 heavy (non-hydrogen) atoms. The van der Waals surface area contributed by atoms with Gasteiger partial charge < -0.3 is 28.8 Å². The average Bonchev–Trinajstić information content (AvgIpc) is 3.04. The van der Waals surface area contributed by atoms with E-state index < -0.39 is 26.6 Å². The minimum absolute atomic E-state index is 0.00845. The lowest BCUT2D eigenvalue weighted by Crippen LogP contribution is -2.45. The van der Waals surface area contributed by atoms with Crippen molar-refractivity contribution in [3.63, 3.8) is 0 Å². The van der Waals surface area contributed by atoms with Gasteiger partial charge >= 0.3 is 0 Å². The molecule has 0 aliphatic rings. The number of aliphatic hydroxyl groups is 1. The molecule has 0 saturated heterocycles. The van der Waals surface area contributed by atoms with Crippen LogP contribution in [0, 0.1) is 0 Å². The lowest BCUT2D eigenvalue weighted by Gasteiger charge is -2.29. The number of nitrogens with one attached hydrogen (secondary N) is 1. The maximum absolute atomic E-state index is 12.8. The number of quaternary nitrogens is 1. The maximum Gasteiger partial charge on any atom is 0.268 e. The van der Waals surface area contributed by atoms with Gasteiger partial charge in [-0.05, 0) is 38.5 Å². The summed E-state index contributed by atoms with van der Waals surface area (Å²) in [4.78, 5) is 25.1. The van der Waals surface area contributed by atoms with Gasteiger partial charge in [-0.25, -0.2) is 0 Å². The highest BCUT2D eigenvalue weighted by atomic mass is 31.2. The highest BCUT2D eigenvalue weighted by Crippen LogP contribution is 2.38. The summed E-state index contributed by atoms with van der Waals surface area (Å²) in [6.45, 7) is 4.48. The molecule has 0 aromatic carbocycles. The molecule has 0 aromatic rings. The van der Waals surface area contributed by atoms with Crippen molar-refractivity contribution in [2.45, 2.75) is 174 Å². The van der Waals surface area contributed by atoms with Crippen LogP contribution in [0.15, 0.2) is 36.5 Å². The first-order valence-electron chi connectivity index (χ1n) is 19.9. The third kappa shape index (κ3) is 34.9. The number of rotatable bonds is 35. The van der Waals surface area contributed by atoms with E-state index in [9.17, 15) is 19.4 Å². The molecule has 0 radical (unpaired) electrons. The van der Waals surface area contributed by atoms with Crippen LogP contribution >= 0.6 is 7.82 Å². The van der Waals surface area contributed by atoms with Crippen LogP contribution in [0.4, 0.5) is 0 Å². The topological polar surface area (TPSA) is 108 Å². The number of amides is 1. The smallest absolute Gasteiger partial charge is 0.268 e. The summed E-state index contributed by atoms with van der Waals surface area (Å²) in [5.41, 5.74) is 0. The number of aliphatic hydroxyl groups excluding tert-OH is 1. The fourth-order valence-corrected chi connectivity index (χ4v) is 6.15. The molecule has 0 heterocycles. The van der Waals surface area contributed by atoms with Gasteiger partial charge in [0.1, 0.15) is 13.2 Å². The third-order valence-electron chi connectivity index (χ3n) is 8.59. The fourth-order valence-electron chi connectivity index (χ4n) is 5.43. The van der Waals surface area contributed by atoms with Crippen molar-refractivity contribution in [3.05, 3.63) is 36.5 Å². The van der Waals surface area contributed by atoms with E-state index in [1.807, 2.05) is 27.2 Å². The molecule has 3 atom stereocenters. The minimum atomic E-state index is -4.59. The molecule has 0 aromatic heterocycles. The minimum Gasteiger partial charge on any atom is -0.756 e. The molecule has 9 heteroatoms. The molecular formula is C40H77N2O6P. The molecule has 1 amide bonds. The van der Waals surface area contributed by atoms with Crippen LogP contribution in [-0.4, -0.2) is 68.5 Å². The Morgan fingerprint density at radius 2 is 1.16 bits per heavy atom. The SMILES string of the molecule is CC/C=C/CC/C=C/CC/C=C/C(O)C(COP(=O)([O-])OCC[N+](C)(C)C)NC(=O)CCCCCCCCCCCCCCCCCCC. The van der Waals surface area contributed by atoms with Gasteiger partial charge in [-0.1, -0.05) is 153 Å². The van der Waals surface area contributed by atoms with E-state index in [-0.39, 0.29) is 12.5 Å². The monoisotopic (exact) mass is 713 g/mol. The molecule has 3 unspecified atom stereocenters. The van der Waals surface area contributed by atoms with E-state index >= 15 is 0 Å². The Kier molecular flexibility index (Phi) is 31.8. The second-order valence-corrected chi connectivity index (χ2v) is 16.0. The number of unbranched alkanes of at least 4 members (excludes halogenated alkanes) is 18. The van der Waals surface area contributed by atoms with E-state index in [0.717, 1.165) is 51.4 Å². The predicted molar refractivity (Wildman–Crippen MR) is 205 cm³/mol. The second-order valence-electron chi connectivity index (χ2n) is 14.6. The van der Waals surface area contributed by atoms with Gasteiger partial charge in [0.15, 0.2) is 0 Å². The molecular weight excluding hydrogens is 635 g/mol. The molecule has 288 valence electrons. The van der Waals surface area contributed by atoms with E-state index in [0.29, 0.717) is 17.4 Å². The third-order valence-corrected chi connectivity index (χ3v) is 9.56. The Morgan fingerprint density at radius 3 is 1.63 bits per heavy atom. The van der Waals surface area contributed by atoms with E-state index in [4.69, 9.17) is 9.05 Å². The molecule has 2 N–H and O–H groups in total. The summed E-state index contributed by atoms with van der Waals surface area (Å²) in [5.74, 6) is -0.214. The average molecular weight is 713 g/mol. The van der Waals surface area contributed by atoms with Gasteiger partial charge in [0.25, 0.3) is 7.82 Å². The van der Waals surface area contributed by atoms with Crippen LogP contribution < -0.4 is 10.2 Å². The summed E-state index contributed by atoms with van der Waals surface area (Å²) in [5, 5.41) is 13.6. The van der Waals surface area contributed by atoms with Crippen LogP contribution in [0.5, 0.6) is 0 Å². The van der Waals surface area contributed by atoms with Crippen LogP contribution in [0.2, 0.25) is 0 Å². The van der Waals surface area contributed by atoms with Gasteiger partial charge in [-0.15, -0.1) is 0 Å². The normalized spacial score (nSPS) is 15.0. The van der Waals surface area contributed by atoms with Crippen molar-refractivity contribution < 1.29 is 32.9 Å². The van der Waals surface area contributed by atoms with Crippen molar-refractivity contribution in [2.75, 3.05) is 40.9 Å². The zero-order valence-electron chi connectivity index (χ0n) is 32.4. The van der Waals surface area contributed by atoms with Gasteiger partial charge in [0, 0.05) is 6.42 Å². The summed E-state index contributed by atoms with van der Waals surface area (Å²) >= 11 is 0. The molecule has 0 aliphatic heterocycles. The zero-order chi connectivity index (χ0) is 36.5. The largest absolute Gasteiger partial charge is 0.756 e. The first kappa shape index (κ1) is 47.7. The molecule has 0 fully saturated rings. The number of carbonyl (C=O) groups excluding carboxylic acids is 1. The Bertz CT molecular complexity index is 902. The lowest BCUT2D eigenvalue weighted by molar-refractivity contribution is -0.870. The van der Waals surface area contributed by atoms with Gasteiger partial charge in [-0.2, -0.15) is 0 Å². The van der Waals surface area contributed by atoms with E-state index in [1.54, 1.807) is 6.08 Å². The number of carbonyl (C=O) groups is 1. The van der Waals surface area contributed by atoms with Gasteiger partial charge in [0.05, 0.1) is 39.9 Å². The van der Waals surface area contributed by atoms with Crippen LogP contribution in [0.3, 0.4) is 0 Å². The Hall–Kier alpha value is -1.28. The van der Waals surface area contributed by atoms with Gasteiger partial charge in [-0.3, -0.25) is 9.36 Å². The highest BCUT2D eigenvalue weighted by Gasteiger charge is 2.23. The summed E-state index contributed by atoms with van der Waals surface area (Å²) in [6.07, 6.45) is 37.7. The van der Waals surface area contributed by atoms with Crippen LogP contribution in [0.1, 0.15) is 162 Å². The zero-order valence-corrected chi connectivity index (χ0v) is 33.3. The Balaban J connectivity index is 4.44. The Labute approximate surface area is 302 Å². The molecule has 0 bridgehead atoms. The lowest BCUT2D eigenvalue weighted by atomic mass is 10.0. The van der Waals surface area contributed by atoms with Crippen LogP contribution in [-0.2, 0) is 18.4 Å². The first-order chi connectivity index (χ1) is 23.5. The molecule has 0 rings (SSSR count). The standard InChI is InChI=1S/C40H77N2O6P/c1-6-8-10-12-14-16-18-19-20-21-22-23-24-26-28-30-32-34-40(44)41-38(37-48-49(45,46)47-36-35-42(3,4)5)39(43)33-31-29-27-25-17-15-13-11-9-7-2/h9,11,17,25,31,33,38-39,43H,6-8,10,12-16,18-24,26-30,32,34-37H2,1-5H3,(H-,41,44,45,46)/b11-9+,25-17+,33-31+. The maximum atomic E-state index is 12.8. The highest BCUT2D eigenvalue weighted by molar-refractivity contribution is 7.45. The number of nitrogens with zero attached hydrogens (tertiary/aromatic N) is 1. The Morgan fingerprint density at radius 1 is 0.714 bits per heavy atom. The summed E-state index contributed by atoms with van der Waals surface area (Å²) < 4.78 is 23.0. The molecule has 8 nitrogen and oxygen atoms in total. The predicted octanol–water partition coefficient (Wildman–Crippen LogP) is 9.72. The second kappa shape index (κ2) is 32.6. The van der Waals surface area contributed by atoms with Crippen molar-refractivity contribution in [2.24, 2.45) is 0 Å². The van der Waals surface area contributed by atoms with Crippen LogP contribution in [0.25, 0.3) is 0 Å². The molecule has 0 saturated carbocycles. The number of allylic oxidation sites excluding steroid dienone is 5. The van der Waals surface area contributed by atoms with Crippen molar-refractivity contribution in [1.29, 1.82) is 0 Å². The number of phosphoric ester groups is 1. The quantitative estimate of drug-likeness (QED) is 0.0293. The summed E-state index contributed by atoms with van der Waals surface area (Å²) in [6, 6.07) is -0.903. The number of likely N-dealkylation sites (N-methyl/N-ethyl adjacent to an activating group) is 1. The molecule has 0 spiro atoms. The number of phosphoric acid groups is 1.